The Hall–Kier alpha value is -2.71. The van der Waals surface area contributed by atoms with E-state index in [1.165, 1.54) is 19.3 Å². The first-order valence-electron chi connectivity index (χ1n) is 22.2. The molecule has 0 aliphatic heterocycles. The molecule has 0 aromatic heterocycles. The molecule has 1 fully saturated rings. The third-order valence-corrected chi connectivity index (χ3v) is 10.9. The van der Waals surface area contributed by atoms with Crippen molar-refractivity contribution in [2.24, 2.45) is 11.8 Å². The van der Waals surface area contributed by atoms with Crippen molar-refractivity contribution in [2.45, 2.75) is 166 Å². The molecule has 344 valence electrons. The van der Waals surface area contributed by atoms with Gasteiger partial charge in [0, 0.05) is 18.8 Å². The summed E-state index contributed by atoms with van der Waals surface area (Å²) in [4.78, 5) is 35.3. The zero-order chi connectivity index (χ0) is 44.3. The van der Waals surface area contributed by atoms with Crippen molar-refractivity contribution in [1.29, 1.82) is 0 Å². The standard InChI is InChI=1S/C46H77O13P/c1-3-5-7-8-9-10-11-12-13-14-15-16-17-18-19-20-21-22-24-30-46(53)59-40(37-58-60(54,55)57-35-39(49)34-47)36-56-45(52)29-26-25-28-41-42(44(51)33-43(41)50)32-31-38(48)27-23-6-4-2/h9-10,12-13,15-16,18-19,25-26,31-32,38-44,47-51H,3-8,11,14,17,20-24,27-30,33-37H2,1-2H3,(H,54,55)/b10-9-,13-12-,16-15-,19-18-,26-25-,32-31+/t38-,39+,40-,41+,42-,43+,44-/m1/s1. The molecule has 1 saturated carbocycles. The van der Waals surface area contributed by atoms with Gasteiger partial charge in [0.1, 0.15) is 12.7 Å². The van der Waals surface area contributed by atoms with Crippen molar-refractivity contribution in [1.82, 2.24) is 0 Å². The fourth-order valence-electron chi connectivity index (χ4n) is 6.42. The van der Waals surface area contributed by atoms with E-state index in [0.29, 0.717) is 19.3 Å². The van der Waals surface area contributed by atoms with Crippen LogP contribution in [0.4, 0.5) is 0 Å². The van der Waals surface area contributed by atoms with Gasteiger partial charge in [-0.2, -0.15) is 0 Å². The molecule has 0 bridgehead atoms. The highest BCUT2D eigenvalue weighted by molar-refractivity contribution is 7.47. The molecule has 0 spiro atoms. The molecule has 60 heavy (non-hydrogen) atoms. The second-order valence-corrected chi connectivity index (χ2v) is 16.8. The van der Waals surface area contributed by atoms with Gasteiger partial charge in [0.25, 0.3) is 0 Å². The number of hydrogen-bond acceptors (Lipinski definition) is 12. The van der Waals surface area contributed by atoms with Crippen molar-refractivity contribution >= 4 is 19.8 Å². The van der Waals surface area contributed by atoms with Gasteiger partial charge in [0.05, 0.1) is 44.6 Å². The van der Waals surface area contributed by atoms with Crippen LogP contribution in [0.25, 0.3) is 0 Å². The monoisotopic (exact) mass is 869 g/mol. The second kappa shape index (κ2) is 35.8. The number of carbonyl (C=O) groups is 2. The van der Waals surface area contributed by atoms with Crippen molar-refractivity contribution in [3.05, 3.63) is 72.9 Å². The summed E-state index contributed by atoms with van der Waals surface area (Å²) in [5.74, 6) is -1.92. The minimum atomic E-state index is -4.71. The number of ether oxygens (including phenoxy) is 2. The fraction of sp³-hybridized carbons (Fsp3) is 0.696. The molecule has 1 rings (SSSR count). The van der Waals surface area contributed by atoms with E-state index in [2.05, 4.69) is 67.0 Å². The maximum Gasteiger partial charge on any atom is 0.472 e. The molecular weight excluding hydrogens is 791 g/mol. The smallest absolute Gasteiger partial charge is 0.461 e. The van der Waals surface area contributed by atoms with Crippen LogP contribution in [0.15, 0.2) is 72.9 Å². The topological polar surface area (TPSA) is 210 Å². The van der Waals surface area contributed by atoms with Gasteiger partial charge in [-0.25, -0.2) is 4.57 Å². The van der Waals surface area contributed by atoms with E-state index in [1.54, 1.807) is 24.3 Å². The Bertz CT molecular complexity index is 1340. The first-order valence-corrected chi connectivity index (χ1v) is 23.6. The lowest BCUT2D eigenvalue weighted by Gasteiger charge is -2.20. The molecule has 0 aromatic rings. The normalized spacial score (nSPS) is 21.3. The number of aliphatic hydroxyl groups excluding tert-OH is 5. The highest BCUT2D eigenvalue weighted by Gasteiger charge is 2.39. The summed E-state index contributed by atoms with van der Waals surface area (Å²) in [6.45, 7) is 1.82. The summed E-state index contributed by atoms with van der Waals surface area (Å²) in [6.07, 6.45) is 34.2. The molecule has 0 aromatic carbocycles. The van der Waals surface area contributed by atoms with E-state index in [-0.39, 0.29) is 31.1 Å². The maximum atomic E-state index is 12.7. The summed E-state index contributed by atoms with van der Waals surface area (Å²) < 4.78 is 32.6. The largest absolute Gasteiger partial charge is 0.472 e. The van der Waals surface area contributed by atoms with Crippen LogP contribution in [0.1, 0.15) is 136 Å². The third-order valence-electron chi connectivity index (χ3n) is 9.94. The number of aliphatic hydroxyl groups is 5. The van der Waals surface area contributed by atoms with Gasteiger partial charge in [-0.05, 0) is 70.1 Å². The van der Waals surface area contributed by atoms with Crippen LogP contribution in [-0.2, 0) is 32.7 Å². The number of phosphoric ester groups is 1. The van der Waals surface area contributed by atoms with E-state index in [9.17, 15) is 39.5 Å². The molecule has 14 heteroatoms. The van der Waals surface area contributed by atoms with Crippen molar-refractivity contribution in [3.8, 4) is 0 Å². The Morgan fingerprint density at radius 3 is 1.95 bits per heavy atom. The van der Waals surface area contributed by atoms with E-state index < -0.39 is 76.7 Å². The first-order chi connectivity index (χ1) is 28.9. The first kappa shape index (κ1) is 55.3. The molecule has 1 unspecified atom stereocenters. The van der Waals surface area contributed by atoms with E-state index in [4.69, 9.17) is 19.1 Å². The summed E-state index contributed by atoms with van der Waals surface area (Å²) in [5, 5.41) is 49.7. The number of allylic oxidation sites excluding steroid dienone is 9. The molecule has 8 atom stereocenters. The predicted molar refractivity (Wildman–Crippen MR) is 235 cm³/mol. The molecule has 1 aliphatic carbocycles. The average molecular weight is 869 g/mol. The fourth-order valence-corrected chi connectivity index (χ4v) is 7.21. The van der Waals surface area contributed by atoms with Crippen molar-refractivity contribution < 1.29 is 63.1 Å². The Morgan fingerprint density at radius 2 is 1.32 bits per heavy atom. The highest BCUT2D eigenvalue weighted by Crippen LogP contribution is 2.43. The van der Waals surface area contributed by atoms with Crippen LogP contribution in [0.2, 0.25) is 0 Å². The van der Waals surface area contributed by atoms with Gasteiger partial charge in [-0.1, -0.05) is 125 Å². The predicted octanol–water partition coefficient (Wildman–Crippen LogP) is 8.05. The SMILES string of the molecule is CCCCC/C=C\C/C=C\C/C=C\C/C=C\CCCCCC(=O)O[C@H](COC(=O)C/C=C\C[C@H]1[C@@H](/C=C/[C@H](O)CCCCC)[C@H](O)C[C@@H]1O)COP(=O)(O)OC[C@@H](O)CO. The molecule has 13 nitrogen and oxygen atoms in total. The van der Waals surface area contributed by atoms with Gasteiger partial charge in [-0.15, -0.1) is 0 Å². The van der Waals surface area contributed by atoms with Crippen LogP contribution >= 0.6 is 7.82 Å². The maximum absolute atomic E-state index is 12.7. The molecule has 0 saturated heterocycles. The number of rotatable bonds is 36. The minimum Gasteiger partial charge on any atom is -0.461 e. The number of carbonyl (C=O) groups excluding carboxylic acids is 2. The Labute approximate surface area is 359 Å². The van der Waals surface area contributed by atoms with Gasteiger partial charge in [-0.3, -0.25) is 18.6 Å². The van der Waals surface area contributed by atoms with E-state index >= 15 is 0 Å². The quantitative estimate of drug-likeness (QED) is 0.0153. The van der Waals surface area contributed by atoms with E-state index in [1.807, 2.05) is 0 Å². The number of phosphoric acid groups is 1. The number of esters is 2. The minimum absolute atomic E-state index is 0.0769. The Kier molecular flexibility index (Phi) is 33.0. The summed E-state index contributed by atoms with van der Waals surface area (Å²) in [5.41, 5.74) is 0. The Morgan fingerprint density at radius 1 is 0.717 bits per heavy atom. The third kappa shape index (κ3) is 29.5. The van der Waals surface area contributed by atoms with Crippen molar-refractivity contribution in [3.63, 3.8) is 0 Å². The zero-order valence-corrected chi connectivity index (χ0v) is 37.1. The van der Waals surface area contributed by atoms with Gasteiger partial charge in [0.2, 0.25) is 0 Å². The Balaban J connectivity index is 2.53. The average Bonchev–Trinajstić information content (AvgIpc) is 3.50. The van der Waals surface area contributed by atoms with Gasteiger partial charge >= 0.3 is 19.8 Å². The molecule has 0 heterocycles. The molecule has 1 aliphatic rings. The zero-order valence-electron chi connectivity index (χ0n) is 36.2. The molecule has 6 N–H and O–H groups in total. The molecule has 0 amide bonds. The van der Waals surface area contributed by atoms with Crippen LogP contribution in [0.3, 0.4) is 0 Å². The van der Waals surface area contributed by atoms with Gasteiger partial charge in [0.15, 0.2) is 6.10 Å². The lowest BCUT2D eigenvalue weighted by molar-refractivity contribution is -0.160. The summed E-state index contributed by atoms with van der Waals surface area (Å²) >= 11 is 0. The van der Waals surface area contributed by atoms with Crippen LogP contribution in [0.5, 0.6) is 0 Å². The molecular formula is C46H77O13P. The van der Waals surface area contributed by atoms with Crippen molar-refractivity contribution in [2.75, 3.05) is 26.4 Å². The lowest BCUT2D eigenvalue weighted by atomic mass is 9.89. The van der Waals surface area contributed by atoms with Gasteiger partial charge < -0.3 is 39.9 Å². The summed E-state index contributed by atoms with van der Waals surface area (Å²) in [6, 6.07) is 0. The van der Waals surface area contributed by atoms with Crippen LogP contribution < -0.4 is 0 Å². The van der Waals surface area contributed by atoms with E-state index in [0.717, 1.165) is 64.2 Å². The van der Waals surface area contributed by atoms with Crippen LogP contribution in [0, 0.1) is 11.8 Å². The summed E-state index contributed by atoms with van der Waals surface area (Å²) in [7, 11) is -4.71. The van der Waals surface area contributed by atoms with Crippen LogP contribution in [-0.4, -0.2) is 99.3 Å². The second-order valence-electron chi connectivity index (χ2n) is 15.4. The number of unbranched alkanes of at least 4 members (excludes halogenated alkanes) is 8. The lowest BCUT2D eigenvalue weighted by Crippen LogP contribution is -2.29. The molecule has 0 radical (unpaired) electrons. The number of hydrogen-bond donors (Lipinski definition) is 6. The highest BCUT2D eigenvalue weighted by atomic mass is 31.2.